The summed E-state index contributed by atoms with van der Waals surface area (Å²) in [7, 11) is 0. The van der Waals surface area contributed by atoms with Gasteiger partial charge in [-0.2, -0.15) is 0 Å². The van der Waals surface area contributed by atoms with Gasteiger partial charge in [-0.15, -0.1) is 0 Å². The highest BCUT2D eigenvalue weighted by Gasteiger charge is 2.31. The molecule has 0 bridgehead atoms. The van der Waals surface area contributed by atoms with Crippen LogP contribution in [0.4, 0.5) is 11.5 Å². The maximum absolute atomic E-state index is 11.8. The van der Waals surface area contributed by atoms with Gasteiger partial charge in [0.25, 0.3) is 5.56 Å². The van der Waals surface area contributed by atoms with Crippen molar-refractivity contribution in [3.05, 3.63) is 20.8 Å². The summed E-state index contributed by atoms with van der Waals surface area (Å²) in [5.74, 6) is 0.166. The van der Waals surface area contributed by atoms with Gasteiger partial charge in [0.05, 0.1) is 12.1 Å². The number of ether oxygens (including phenoxy) is 1. The summed E-state index contributed by atoms with van der Waals surface area (Å²) in [4.78, 5) is 25.6. The second kappa shape index (κ2) is 4.49. The van der Waals surface area contributed by atoms with Crippen molar-refractivity contribution < 1.29 is 4.74 Å². The lowest BCUT2D eigenvalue weighted by atomic mass is 10.0. The molecule has 18 heavy (non-hydrogen) atoms. The summed E-state index contributed by atoms with van der Waals surface area (Å²) in [6.45, 7) is 5.32. The number of hydrogen-bond donors (Lipinski definition) is 3. The minimum atomic E-state index is -0.490. The van der Waals surface area contributed by atoms with E-state index in [1.54, 1.807) is 6.92 Å². The number of nitrogen functional groups attached to an aromatic ring is 1. The van der Waals surface area contributed by atoms with Gasteiger partial charge in [-0.25, -0.2) is 4.79 Å². The van der Waals surface area contributed by atoms with Crippen molar-refractivity contribution in [2.45, 2.75) is 32.4 Å². The molecular weight excluding hydrogens is 236 g/mol. The summed E-state index contributed by atoms with van der Waals surface area (Å²) in [6.07, 6.45) is 0.789. The van der Waals surface area contributed by atoms with E-state index in [0.29, 0.717) is 19.8 Å². The quantitative estimate of drug-likeness (QED) is 0.689. The lowest BCUT2D eigenvalue weighted by Crippen LogP contribution is -2.41. The maximum atomic E-state index is 11.8. The number of nitrogens with zero attached hydrogens (tertiary/aromatic N) is 1. The topological polar surface area (TPSA) is 102 Å². The van der Waals surface area contributed by atoms with Crippen molar-refractivity contribution in [2.24, 2.45) is 0 Å². The van der Waals surface area contributed by atoms with Crippen LogP contribution < -0.4 is 22.3 Å². The van der Waals surface area contributed by atoms with E-state index in [1.807, 2.05) is 6.92 Å². The first-order chi connectivity index (χ1) is 8.47. The predicted octanol–water partition coefficient (Wildman–Crippen LogP) is -0.270. The molecule has 7 heteroatoms. The molecule has 2 heterocycles. The van der Waals surface area contributed by atoms with Crippen LogP contribution in [0.2, 0.25) is 0 Å². The van der Waals surface area contributed by atoms with Crippen molar-refractivity contribution in [1.29, 1.82) is 0 Å². The molecule has 100 valence electrons. The molecule has 4 N–H and O–H groups in total. The van der Waals surface area contributed by atoms with E-state index in [4.69, 9.17) is 10.5 Å². The molecule has 1 aromatic heterocycles. The van der Waals surface area contributed by atoms with Crippen molar-refractivity contribution >= 4 is 11.5 Å². The summed E-state index contributed by atoms with van der Waals surface area (Å²) in [5.41, 5.74) is 4.81. The van der Waals surface area contributed by atoms with Gasteiger partial charge < -0.3 is 15.8 Å². The Morgan fingerprint density at radius 2 is 2.28 bits per heavy atom. The van der Waals surface area contributed by atoms with Crippen LogP contribution in [0.25, 0.3) is 0 Å². The zero-order valence-electron chi connectivity index (χ0n) is 10.6. The van der Waals surface area contributed by atoms with Crippen LogP contribution in [-0.4, -0.2) is 28.3 Å². The van der Waals surface area contributed by atoms with Crippen LogP contribution in [0, 0.1) is 0 Å². The van der Waals surface area contributed by atoms with Crippen LogP contribution in [0.5, 0.6) is 0 Å². The molecule has 0 radical (unpaired) electrons. The normalized spacial score (nSPS) is 23.2. The molecule has 2 rings (SSSR count). The highest BCUT2D eigenvalue weighted by Crippen LogP contribution is 2.24. The first kappa shape index (κ1) is 12.7. The lowest BCUT2D eigenvalue weighted by molar-refractivity contribution is 0.185. The average Bonchev–Trinajstić information content (AvgIpc) is 2.72. The first-order valence-electron chi connectivity index (χ1n) is 5.95. The fraction of sp³-hybridized carbons (Fsp3) is 0.636. The van der Waals surface area contributed by atoms with Gasteiger partial charge in [0.1, 0.15) is 11.5 Å². The fourth-order valence-corrected chi connectivity index (χ4v) is 2.09. The second-order valence-electron chi connectivity index (χ2n) is 4.75. The van der Waals surface area contributed by atoms with Gasteiger partial charge in [0.15, 0.2) is 0 Å². The number of anilines is 2. The number of nitrogens with two attached hydrogens (primary N) is 1. The molecule has 0 amide bonds. The largest absolute Gasteiger partial charge is 0.383 e. The maximum Gasteiger partial charge on any atom is 0.330 e. The van der Waals surface area contributed by atoms with Crippen LogP contribution in [0.1, 0.15) is 20.3 Å². The third kappa shape index (κ3) is 2.13. The molecule has 0 spiro atoms. The fourth-order valence-electron chi connectivity index (χ4n) is 2.09. The Morgan fingerprint density at radius 3 is 2.83 bits per heavy atom. The van der Waals surface area contributed by atoms with Crippen LogP contribution in [0.15, 0.2) is 9.59 Å². The third-order valence-electron chi connectivity index (χ3n) is 3.20. The van der Waals surface area contributed by atoms with Crippen LogP contribution in [-0.2, 0) is 11.3 Å². The van der Waals surface area contributed by atoms with E-state index in [1.165, 1.54) is 4.57 Å². The molecule has 1 unspecified atom stereocenters. The molecule has 1 aliphatic rings. The summed E-state index contributed by atoms with van der Waals surface area (Å²) in [6, 6.07) is 0. The number of aromatic amines is 1. The molecule has 0 aliphatic carbocycles. The smallest absolute Gasteiger partial charge is 0.330 e. The monoisotopic (exact) mass is 254 g/mol. The molecule has 0 saturated carbocycles. The number of nitrogens with one attached hydrogen (secondary N) is 2. The molecule has 1 fully saturated rings. The van der Waals surface area contributed by atoms with Crippen molar-refractivity contribution in [2.75, 3.05) is 24.3 Å². The molecule has 0 aromatic carbocycles. The Hall–Kier alpha value is -1.76. The van der Waals surface area contributed by atoms with Gasteiger partial charge in [-0.05, 0) is 20.3 Å². The Labute approximate surface area is 104 Å². The Morgan fingerprint density at radius 1 is 1.56 bits per heavy atom. The van der Waals surface area contributed by atoms with E-state index in [9.17, 15) is 9.59 Å². The highest BCUT2D eigenvalue weighted by molar-refractivity contribution is 5.61. The van der Waals surface area contributed by atoms with Gasteiger partial charge in [0, 0.05) is 13.2 Å². The molecule has 1 aromatic rings. The second-order valence-corrected chi connectivity index (χ2v) is 4.75. The van der Waals surface area contributed by atoms with E-state index < -0.39 is 11.2 Å². The van der Waals surface area contributed by atoms with E-state index in [-0.39, 0.29) is 17.0 Å². The number of H-pyrrole nitrogens is 1. The van der Waals surface area contributed by atoms with E-state index >= 15 is 0 Å². The minimum absolute atomic E-state index is 0.166. The zero-order chi connectivity index (χ0) is 13.3. The summed E-state index contributed by atoms with van der Waals surface area (Å²) < 4.78 is 6.63. The highest BCUT2D eigenvalue weighted by atomic mass is 16.5. The Kier molecular flexibility index (Phi) is 3.16. The lowest BCUT2D eigenvalue weighted by Gasteiger charge is -2.25. The van der Waals surface area contributed by atoms with Crippen molar-refractivity contribution in [1.82, 2.24) is 9.55 Å². The number of rotatable bonds is 3. The predicted molar refractivity (Wildman–Crippen MR) is 68.9 cm³/mol. The average molecular weight is 254 g/mol. The summed E-state index contributed by atoms with van der Waals surface area (Å²) in [5, 5.41) is 3.10. The number of aromatic nitrogens is 2. The molecule has 1 saturated heterocycles. The molecule has 1 aliphatic heterocycles. The number of hydrogen-bond acceptors (Lipinski definition) is 5. The minimum Gasteiger partial charge on any atom is -0.383 e. The van der Waals surface area contributed by atoms with E-state index in [2.05, 4.69) is 10.3 Å². The SMILES string of the molecule is CCn1c(N)c(NC2(C)CCOC2)c(=O)[nH]c1=O. The van der Waals surface area contributed by atoms with E-state index in [0.717, 1.165) is 6.42 Å². The Bertz CT molecular complexity index is 554. The third-order valence-corrected chi connectivity index (χ3v) is 3.20. The Balaban J connectivity index is 2.45. The summed E-state index contributed by atoms with van der Waals surface area (Å²) >= 11 is 0. The molecule has 7 nitrogen and oxygen atoms in total. The van der Waals surface area contributed by atoms with Crippen LogP contribution >= 0.6 is 0 Å². The zero-order valence-corrected chi connectivity index (χ0v) is 10.6. The van der Waals surface area contributed by atoms with Gasteiger partial charge in [0.2, 0.25) is 0 Å². The van der Waals surface area contributed by atoms with Crippen LogP contribution in [0.3, 0.4) is 0 Å². The van der Waals surface area contributed by atoms with Gasteiger partial charge in [-0.3, -0.25) is 14.3 Å². The van der Waals surface area contributed by atoms with Gasteiger partial charge >= 0.3 is 5.69 Å². The van der Waals surface area contributed by atoms with Crippen molar-refractivity contribution in [3.8, 4) is 0 Å². The standard InChI is InChI=1S/C11H18N4O3/c1-3-15-8(12)7(9(16)13-10(15)17)14-11(2)4-5-18-6-11/h14H,3-6,12H2,1-2H3,(H,13,16,17). The van der Waals surface area contributed by atoms with Gasteiger partial charge in [-0.1, -0.05) is 0 Å². The van der Waals surface area contributed by atoms with Crippen molar-refractivity contribution in [3.63, 3.8) is 0 Å². The first-order valence-corrected chi connectivity index (χ1v) is 5.95. The molecule has 1 atom stereocenters. The molecular formula is C11H18N4O3.